The van der Waals surface area contributed by atoms with Crippen LogP contribution in [0.3, 0.4) is 0 Å². The van der Waals surface area contributed by atoms with Crippen molar-refractivity contribution in [2.24, 2.45) is 0 Å². The van der Waals surface area contributed by atoms with Crippen LogP contribution in [-0.4, -0.2) is 8.42 Å². The second kappa shape index (κ2) is 6.34. The van der Waals surface area contributed by atoms with Crippen LogP contribution in [0.4, 0.5) is 0 Å². The summed E-state index contributed by atoms with van der Waals surface area (Å²) in [6.07, 6.45) is 3.43. The first kappa shape index (κ1) is 17.2. The molecule has 0 spiro atoms. The summed E-state index contributed by atoms with van der Waals surface area (Å²) < 4.78 is 28.6. The molecule has 0 radical (unpaired) electrons. The van der Waals surface area contributed by atoms with Gasteiger partial charge in [0.25, 0.3) is 0 Å². The summed E-state index contributed by atoms with van der Waals surface area (Å²) in [5, 5.41) is 0. The second-order valence-electron chi connectivity index (χ2n) is 6.95. The molecular formula is C20H25NO2S. The zero-order valence-electron chi connectivity index (χ0n) is 14.8. The van der Waals surface area contributed by atoms with Gasteiger partial charge in [-0.15, -0.1) is 0 Å². The fourth-order valence-corrected chi connectivity index (χ4v) is 5.50. The third-order valence-electron chi connectivity index (χ3n) is 4.83. The third kappa shape index (κ3) is 3.26. The molecule has 24 heavy (non-hydrogen) atoms. The van der Waals surface area contributed by atoms with Crippen LogP contribution < -0.4 is 4.72 Å². The highest BCUT2D eigenvalue weighted by molar-refractivity contribution is 7.89. The first-order valence-corrected chi connectivity index (χ1v) is 9.98. The van der Waals surface area contributed by atoms with Crippen molar-refractivity contribution in [1.82, 2.24) is 4.72 Å². The summed E-state index contributed by atoms with van der Waals surface area (Å²) in [7, 11) is -3.55. The van der Waals surface area contributed by atoms with Crippen molar-refractivity contribution >= 4 is 10.0 Å². The number of rotatable bonds is 4. The molecule has 1 atom stereocenters. The highest BCUT2D eigenvalue weighted by Gasteiger charge is 2.23. The molecule has 1 aliphatic rings. The van der Waals surface area contributed by atoms with E-state index in [1.807, 2.05) is 45.9 Å². The Morgan fingerprint density at radius 1 is 0.958 bits per heavy atom. The Balaban J connectivity index is 1.89. The lowest BCUT2D eigenvalue weighted by Gasteiger charge is -2.18. The first-order chi connectivity index (χ1) is 11.3. The van der Waals surface area contributed by atoms with Gasteiger partial charge in [-0.1, -0.05) is 35.9 Å². The second-order valence-corrected chi connectivity index (χ2v) is 8.60. The average Bonchev–Trinajstić information content (AvgIpc) is 2.92. The van der Waals surface area contributed by atoms with Crippen molar-refractivity contribution in [3.63, 3.8) is 0 Å². The Morgan fingerprint density at radius 2 is 1.58 bits per heavy atom. The van der Waals surface area contributed by atoms with Crippen molar-refractivity contribution in [2.45, 2.75) is 57.9 Å². The molecule has 0 aromatic heterocycles. The fourth-order valence-electron chi connectivity index (χ4n) is 3.81. The average molecular weight is 343 g/mol. The quantitative estimate of drug-likeness (QED) is 0.907. The van der Waals surface area contributed by atoms with E-state index in [2.05, 4.69) is 16.9 Å². The minimum atomic E-state index is -3.55. The molecule has 4 heteroatoms. The van der Waals surface area contributed by atoms with Crippen LogP contribution >= 0.6 is 0 Å². The molecule has 3 nitrogen and oxygen atoms in total. The molecule has 0 fully saturated rings. The smallest absolute Gasteiger partial charge is 0.207 e. The maximum Gasteiger partial charge on any atom is 0.241 e. The van der Waals surface area contributed by atoms with Gasteiger partial charge in [-0.3, -0.25) is 0 Å². The van der Waals surface area contributed by atoms with Gasteiger partial charge in [0.15, 0.2) is 0 Å². The van der Waals surface area contributed by atoms with E-state index in [9.17, 15) is 8.42 Å². The fraction of sp³-hybridized carbons (Fsp3) is 0.400. The van der Waals surface area contributed by atoms with Gasteiger partial charge in [0, 0.05) is 6.04 Å². The highest BCUT2D eigenvalue weighted by Crippen LogP contribution is 2.27. The van der Waals surface area contributed by atoms with Crippen LogP contribution in [-0.2, 0) is 22.9 Å². The minimum absolute atomic E-state index is 0.249. The number of nitrogens with one attached hydrogen (secondary N) is 1. The molecule has 128 valence electrons. The van der Waals surface area contributed by atoms with E-state index in [1.54, 1.807) is 0 Å². The molecule has 0 bridgehead atoms. The number of sulfonamides is 1. The molecule has 1 aliphatic carbocycles. The number of hydrogen-bond donors (Lipinski definition) is 1. The van der Waals surface area contributed by atoms with Gasteiger partial charge < -0.3 is 0 Å². The van der Waals surface area contributed by atoms with Crippen LogP contribution in [0.25, 0.3) is 0 Å². The molecule has 2 aromatic carbocycles. The van der Waals surface area contributed by atoms with Crippen molar-refractivity contribution in [3.8, 4) is 0 Å². The maximum atomic E-state index is 12.9. The van der Waals surface area contributed by atoms with Crippen molar-refractivity contribution in [2.75, 3.05) is 0 Å². The van der Waals surface area contributed by atoms with Crippen LogP contribution in [0.15, 0.2) is 35.2 Å². The minimum Gasteiger partial charge on any atom is -0.207 e. The Bertz CT molecular complexity index is 862. The normalized spacial score (nSPS) is 15.3. The summed E-state index contributed by atoms with van der Waals surface area (Å²) in [4.78, 5) is 0.404. The third-order valence-corrected chi connectivity index (χ3v) is 6.67. The summed E-state index contributed by atoms with van der Waals surface area (Å²) >= 11 is 0. The zero-order chi connectivity index (χ0) is 17.5. The van der Waals surface area contributed by atoms with Crippen LogP contribution in [0.2, 0.25) is 0 Å². The van der Waals surface area contributed by atoms with Gasteiger partial charge >= 0.3 is 0 Å². The van der Waals surface area contributed by atoms with Crippen LogP contribution in [0, 0.1) is 20.8 Å². The van der Waals surface area contributed by atoms with E-state index in [0.29, 0.717) is 4.90 Å². The lowest BCUT2D eigenvalue weighted by molar-refractivity contribution is 0.565. The summed E-state index contributed by atoms with van der Waals surface area (Å²) in [5.74, 6) is 0. The Hall–Kier alpha value is -1.65. The molecule has 0 unspecified atom stereocenters. The first-order valence-electron chi connectivity index (χ1n) is 8.50. The van der Waals surface area contributed by atoms with Crippen molar-refractivity contribution in [3.05, 3.63) is 63.7 Å². The van der Waals surface area contributed by atoms with Gasteiger partial charge in [-0.05, 0) is 74.8 Å². The highest BCUT2D eigenvalue weighted by atomic mass is 32.2. The molecule has 0 heterocycles. The molecule has 3 rings (SSSR count). The van der Waals surface area contributed by atoms with E-state index in [0.717, 1.165) is 35.1 Å². The standard InChI is InChI=1S/C20H25NO2S/c1-13-10-14(2)20(15(3)11-13)24(22,23)21-16(4)18-9-8-17-6-5-7-19(17)12-18/h8-12,16,21H,5-7H2,1-4H3/t16-/m0/s1. The van der Waals surface area contributed by atoms with Gasteiger partial charge in [0.1, 0.15) is 0 Å². The lowest BCUT2D eigenvalue weighted by Crippen LogP contribution is -2.28. The van der Waals surface area contributed by atoms with E-state index in [1.165, 1.54) is 17.5 Å². The topological polar surface area (TPSA) is 46.2 Å². The predicted octanol–water partition coefficient (Wildman–Crippen LogP) is 4.14. The van der Waals surface area contributed by atoms with Crippen molar-refractivity contribution in [1.29, 1.82) is 0 Å². The molecular weight excluding hydrogens is 318 g/mol. The van der Waals surface area contributed by atoms with Crippen molar-refractivity contribution < 1.29 is 8.42 Å². The van der Waals surface area contributed by atoms with E-state index >= 15 is 0 Å². The molecule has 2 aromatic rings. The SMILES string of the molecule is Cc1cc(C)c(S(=O)(=O)N[C@@H](C)c2ccc3c(c2)CCC3)c(C)c1. The number of fused-ring (bicyclic) bond motifs is 1. The Morgan fingerprint density at radius 3 is 2.25 bits per heavy atom. The summed E-state index contributed by atoms with van der Waals surface area (Å²) in [6.45, 7) is 7.60. The summed E-state index contributed by atoms with van der Waals surface area (Å²) in [6, 6.07) is 9.94. The lowest BCUT2D eigenvalue weighted by atomic mass is 10.0. The molecule has 0 saturated carbocycles. The molecule has 0 saturated heterocycles. The van der Waals surface area contributed by atoms with Gasteiger partial charge in [0.2, 0.25) is 10.0 Å². The van der Waals surface area contributed by atoms with E-state index < -0.39 is 10.0 Å². The van der Waals surface area contributed by atoms with Crippen LogP contribution in [0.5, 0.6) is 0 Å². The maximum absolute atomic E-state index is 12.9. The molecule has 1 N–H and O–H groups in total. The van der Waals surface area contributed by atoms with E-state index in [-0.39, 0.29) is 6.04 Å². The van der Waals surface area contributed by atoms with Crippen LogP contribution in [0.1, 0.15) is 52.8 Å². The van der Waals surface area contributed by atoms with Gasteiger partial charge in [0.05, 0.1) is 4.90 Å². The van der Waals surface area contributed by atoms with E-state index in [4.69, 9.17) is 0 Å². The largest absolute Gasteiger partial charge is 0.241 e. The predicted molar refractivity (Wildman–Crippen MR) is 97.9 cm³/mol. The number of hydrogen-bond acceptors (Lipinski definition) is 2. The summed E-state index contributed by atoms with van der Waals surface area (Å²) in [5.41, 5.74) is 6.46. The molecule has 0 amide bonds. The zero-order valence-corrected chi connectivity index (χ0v) is 15.6. The van der Waals surface area contributed by atoms with Gasteiger partial charge in [-0.2, -0.15) is 0 Å². The van der Waals surface area contributed by atoms with Gasteiger partial charge in [-0.25, -0.2) is 13.1 Å². The Kier molecular flexibility index (Phi) is 4.54. The number of aryl methyl sites for hydroxylation is 5. The molecule has 0 aliphatic heterocycles. The Labute approximate surface area is 145 Å². The monoisotopic (exact) mass is 343 g/mol. The number of benzene rings is 2.